The van der Waals surface area contributed by atoms with Crippen LogP contribution >= 0.6 is 0 Å². The minimum absolute atomic E-state index is 0.163. The van der Waals surface area contributed by atoms with E-state index in [1.807, 2.05) is 19.2 Å². The fourth-order valence-corrected chi connectivity index (χ4v) is 4.15. The Kier molecular flexibility index (Phi) is 7.05. The van der Waals surface area contributed by atoms with Crippen molar-refractivity contribution >= 4 is 0 Å². The van der Waals surface area contributed by atoms with Crippen molar-refractivity contribution in [1.29, 1.82) is 0 Å². The van der Waals surface area contributed by atoms with E-state index in [0.717, 1.165) is 55.5 Å². The third-order valence-corrected chi connectivity index (χ3v) is 5.79. The average Bonchev–Trinajstić information content (AvgIpc) is 3.17. The standard InChI is InChI=1S/C23H32FN3O/c1-25-12-13-27(2)17-19-14-18(8-9-22(19)28)16-26-23(10-3-4-11-23)20-6-5-7-21(24)15-20/h5-9,14-15,25-26,28H,3-4,10-13,16-17H2,1-2H3. The maximum Gasteiger partial charge on any atom is 0.123 e. The molecule has 2 aromatic rings. The quantitative estimate of drug-likeness (QED) is 0.615. The highest BCUT2D eigenvalue weighted by Gasteiger charge is 2.35. The van der Waals surface area contributed by atoms with Gasteiger partial charge < -0.3 is 20.6 Å². The topological polar surface area (TPSA) is 47.5 Å². The van der Waals surface area contributed by atoms with Gasteiger partial charge in [-0.15, -0.1) is 0 Å². The molecule has 0 aliphatic heterocycles. The first kappa shape index (κ1) is 20.8. The number of aromatic hydroxyl groups is 1. The maximum absolute atomic E-state index is 13.8. The molecule has 0 radical (unpaired) electrons. The van der Waals surface area contributed by atoms with E-state index in [4.69, 9.17) is 0 Å². The summed E-state index contributed by atoms with van der Waals surface area (Å²) >= 11 is 0. The molecule has 1 saturated carbocycles. The van der Waals surface area contributed by atoms with Crippen molar-refractivity contribution in [3.63, 3.8) is 0 Å². The van der Waals surface area contributed by atoms with Crippen LogP contribution in [0.3, 0.4) is 0 Å². The molecular formula is C23H32FN3O. The van der Waals surface area contributed by atoms with Crippen molar-refractivity contribution < 1.29 is 9.50 Å². The number of hydrogen-bond acceptors (Lipinski definition) is 4. The van der Waals surface area contributed by atoms with E-state index < -0.39 is 0 Å². The molecule has 1 aliphatic rings. The zero-order chi connectivity index (χ0) is 20.0. The molecule has 1 aliphatic carbocycles. The summed E-state index contributed by atoms with van der Waals surface area (Å²) in [7, 11) is 3.99. The molecule has 3 rings (SSSR count). The number of phenols is 1. The fraction of sp³-hybridized carbons (Fsp3) is 0.478. The van der Waals surface area contributed by atoms with Crippen LogP contribution in [0.2, 0.25) is 0 Å². The van der Waals surface area contributed by atoms with Crippen LogP contribution in [-0.2, 0) is 18.6 Å². The normalized spacial score (nSPS) is 16.0. The molecular weight excluding hydrogens is 353 g/mol. The predicted molar refractivity (Wildman–Crippen MR) is 112 cm³/mol. The third-order valence-electron chi connectivity index (χ3n) is 5.79. The van der Waals surface area contributed by atoms with E-state index >= 15 is 0 Å². The summed E-state index contributed by atoms with van der Waals surface area (Å²) in [6, 6.07) is 12.8. The van der Waals surface area contributed by atoms with Gasteiger partial charge in [-0.2, -0.15) is 0 Å². The van der Waals surface area contributed by atoms with Crippen LogP contribution in [-0.4, -0.2) is 37.2 Å². The number of likely N-dealkylation sites (N-methyl/N-ethyl adjacent to an activating group) is 2. The Morgan fingerprint density at radius 1 is 1.14 bits per heavy atom. The van der Waals surface area contributed by atoms with Crippen molar-refractivity contribution in [2.24, 2.45) is 0 Å². The second kappa shape index (κ2) is 9.50. The monoisotopic (exact) mass is 385 g/mol. The first-order valence-corrected chi connectivity index (χ1v) is 10.2. The van der Waals surface area contributed by atoms with E-state index in [2.05, 4.69) is 28.6 Å². The van der Waals surface area contributed by atoms with E-state index in [0.29, 0.717) is 18.8 Å². The van der Waals surface area contributed by atoms with Crippen LogP contribution in [0.25, 0.3) is 0 Å². The van der Waals surface area contributed by atoms with Crippen molar-refractivity contribution in [2.45, 2.75) is 44.3 Å². The molecule has 0 heterocycles. The van der Waals surface area contributed by atoms with Crippen molar-refractivity contribution in [3.05, 3.63) is 65.0 Å². The first-order chi connectivity index (χ1) is 13.5. The van der Waals surface area contributed by atoms with E-state index in [1.165, 1.54) is 6.07 Å². The van der Waals surface area contributed by atoms with Gasteiger partial charge in [0.25, 0.3) is 0 Å². The summed E-state index contributed by atoms with van der Waals surface area (Å²) in [5.41, 5.74) is 2.95. The van der Waals surface area contributed by atoms with E-state index in [-0.39, 0.29) is 11.4 Å². The summed E-state index contributed by atoms with van der Waals surface area (Å²) in [5, 5.41) is 17.1. The highest BCUT2D eigenvalue weighted by molar-refractivity contribution is 5.36. The number of halogens is 1. The van der Waals surface area contributed by atoms with Gasteiger partial charge in [-0.1, -0.05) is 31.0 Å². The minimum atomic E-state index is -0.179. The molecule has 2 aromatic carbocycles. The van der Waals surface area contributed by atoms with Crippen LogP contribution in [0.4, 0.5) is 4.39 Å². The molecule has 0 atom stereocenters. The minimum Gasteiger partial charge on any atom is -0.508 e. The molecule has 28 heavy (non-hydrogen) atoms. The molecule has 0 saturated heterocycles. The lowest BCUT2D eigenvalue weighted by molar-refractivity contribution is 0.320. The van der Waals surface area contributed by atoms with Crippen molar-refractivity contribution in [1.82, 2.24) is 15.5 Å². The van der Waals surface area contributed by atoms with E-state index in [9.17, 15) is 9.50 Å². The molecule has 0 aromatic heterocycles. The Bertz CT molecular complexity index is 774. The number of benzene rings is 2. The molecule has 5 heteroatoms. The summed E-state index contributed by atoms with van der Waals surface area (Å²) in [6.45, 7) is 3.23. The van der Waals surface area contributed by atoms with Crippen LogP contribution in [0.15, 0.2) is 42.5 Å². The summed E-state index contributed by atoms with van der Waals surface area (Å²) in [4.78, 5) is 2.19. The average molecular weight is 386 g/mol. The Hall–Kier alpha value is -1.95. The fourth-order valence-electron chi connectivity index (χ4n) is 4.15. The zero-order valence-electron chi connectivity index (χ0n) is 17.0. The predicted octanol–water partition coefficient (Wildman–Crippen LogP) is 3.74. The third kappa shape index (κ3) is 5.10. The summed E-state index contributed by atoms with van der Waals surface area (Å²) in [5.74, 6) is 0.155. The van der Waals surface area contributed by atoms with Crippen LogP contribution in [0.1, 0.15) is 42.4 Å². The lowest BCUT2D eigenvalue weighted by Gasteiger charge is -2.31. The van der Waals surface area contributed by atoms with Gasteiger partial charge in [-0.3, -0.25) is 0 Å². The Morgan fingerprint density at radius 3 is 2.64 bits per heavy atom. The van der Waals surface area contributed by atoms with Crippen LogP contribution in [0.5, 0.6) is 5.75 Å². The lowest BCUT2D eigenvalue weighted by atomic mass is 9.87. The Balaban J connectivity index is 1.71. The molecule has 4 nitrogen and oxygen atoms in total. The van der Waals surface area contributed by atoms with Gasteiger partial charge in [0, 0.05) is 37.3 Å². The molecule has 1 fully saturated rings. The van der Waals surface area contributed by atoms with Crippen LogP contribution in [0, 0.1) is 5.82 Å². The van der Waals surface area contributed by atoms with Gasteiger partial charge in [-0.05, 0) is 62.3 Å². The second-order valence-corrected chi connectivity index (χ2v) is 7.96. The number of rotatable bonds is 9. The number of hydrogen-bond donors (Lipinski definition) is 3. The maximum atomic E-state index is 13.8. The molecule has 0 unspecified atom stereocenters. The number of nitrogens with one attached hydrogen (secondary N) is 2. The van der Waals surface area contributed by atoms with Gasteiger partial charge in [0.05, 0.1) is 0 Å². The number of phenolic OH excluding ortho intramolecular Hbond substituents is 1. The smallest absolute Gasteiger partial charge is 0.123 e. The lowest BCUT2D eigenvalue weighted by Crippen LogP contribution is -2.39. The summed E-state index contributed by atoms with van der Waals surface area (Å²) < 4.78 is 13.8. The van der Waals surface area contributed by atoms with Gasteiger partial charge >= 0.3 is 0 Å². The molecule has 0 bridgehead atoms. The Labute approximate surface area is 167 Å². The van der Waals surface area contributed by atoms with Crippen molar-refractivity contribution in [3.8, 4) is 5.75 Å². The van der Waals surface area contributed by atoms with Gasteiger partial charge in [0.1, 0.15) is 11.6 Å². The molecule has 0 amide bonds. The highest BCUT2D eigenvalue weighted by Crippen LogP contribution is 2.39. The SMILES string of the molecule is CNCCN(C)Cc1cc(CNC2(c3cccc(F)c3)CCCC2)ccc1O. The summed E-state index contributed by atoms with van der Waals surface area (Å²) in [6.07, 6.45) is 4.35. The zero-order valence-corrected chi connectivity index (χ0v) is 17.0. The molecule has 152 valence electrons. The molecule has 0 spiro atoms. The highest BCUT2D eigenvalue weighted by atomic mass is 19.1. The van der Waals surface area contributed by atoms with Crippen LogP contribution < -0.4 is 10.6 Å². The van der Waals surface area contributed by atoms with E-state index in [1.54, 1.807) is 18.2 Å². The first-order valence-electron chi connectivity index (χ1n) is 10.2. The van der Waals surface area contributed by atoms with Gasteiger partial charge in [0.15, 0.2) is 0 Å². The van der Waals surface area contributed by atoms with Gasteiger partial charge in [0.2, 0.25) is 0 Å². The second-order valence-electron chi connectivity index (χ2n) is 7.96. The van der Waals surface area contributed by atoms with Crippen molar-refractivity contribution in [2.75, 3.05) is 27.2 Å². The number of nitrogens with zero attached hydrogens (tertiary/aromatic N) is 1. The largest absolute Gasteiger partial charge is 0.508 e. The van der Waals surface area contributed by atoms with Gasteiger partial charge in [-0.25, -0.2) is 4.39 Å². The Morgan fingerprint density at radius 2 is 1.93 bits per heavy atom. The molecule has 3 N–H and O–H groups in total.